The minimum atomic E-state index is 0.411. The molecule has 0 spiro atoms. The lowest BCUT2D eigenvalue weighted by molar-refractivity contribution is 0.336. The van der Waals surface area contributed by atoms with E-state index >= 15 is 0 Å². The number of rotatable bonds is 9. The fourth-order valence-corrected chi connectivity index (χ4v) is 2.54. The van der Waals surface area contributed by atoms with Crippen molar-refractivity contribution in [3.05, 3.63) is 53.6 Å². The standard InChI is InChI=1S/C20H27N3O3/c1-4-26-17-8-6-5-7-16(17)11-12-22-20(21)23-14-15-9-10-18(24-2)19(13-15)25-3/h5-10,13H,4,11-12,14H2,1-3H3,(H3,21,22,23). The number of guanidine groups is 1. The summed E-state index contributed by atoms with van der Waals surface area (Å²) >= 11 is 0. The second kappa shape index (κ2) is 10.2. The van der Waals surface area contributed by atoms with E-state index < -0.39 is 0 Å². The van der Waals surface area contributed by atoms with Crippen LogP contribution in [0.15, 0.2) is 47.5 Å². The van der Waals surface area contributed by atoms with Crippen LogP contribution in [0.1, 0.15) is 18.1 Å². The molecule has 2 aromatic rings. The molecule has 6 nitrogen and oxygen atoms in total. The smallest absolute Gasteiger partial charge is 0.188 e. The quantitative estimate of drug-likeness (QED) is 0.533. The zero-order chi connectivity index (χ0) is 18.8. The molecular formula is C20H27N3O3. The van der Waals surface area contributed by atoms with Crippen molar-refractivity contribution in [3.63, 3.8) is 0 Å². The van der Waals surface area contributed by atoms with Gasteiger partial charge in [-0.25, -0.2) is 4.99 Å². The fraction of sp³-hybridized carbons (Fsp3) is 0.350. The van der Waals surface area contributed by atoms with Gasteiger partial charge in [0.25, 0.3) is 0 Å². The van der Waals surface area contributed by atoms with Gasteiger partial charge in [0.1, 0.15) is 5.75 Å². The highest BCUT2D eigenvalue weighted by molar-refractivity contribution is 5.77. The molecule has 140 valence electrons. The van der Waals surface area contributed by atoms with Crippen LogP contribution in [0.5, 0.6) is 17.2 Å². The topological polar surface area (TPSA) is 78.1 Å². The molecule has 0 fully saturated rings. The van der Waals surface area contributed by atoms with Crippen molar-refractivity contribution < 1.29 is 14.2 Å². The average Bonchev–Trinajstić information content (AvgIpc) is 2.67. The molecule has 2 aromatic carbocycles. The van der Waals surface area contributed by atoms with Crippen LogP contribution in [-0.2, 0) is 13.0 Å². The molecule has 3 N–H and O–H groups in total. The molecule has 0 radical (unpaired) electrons. The van der Waals surface area contributed by atoms with Crippen LogP contribution in [0.25, 0.3) is 0 Å². The van der Waals surface area contributed by atoms with E-state index in [0.717, 1.165) is 23.3 Å². The summed E-state index contributed by atoms with van der Waals surface area (Å²) in [6.45, 7) is 3.78. The van der Waals surface area contributed by atoms with Gasteiger partial charge < -0.3 is 25.3 Å². The van der Waals surface area contributed by atoms with E-state index in [1.165, 1.54) is 0 Å². The van der Waals surface area contributed by atoms with Crippen molar-refractivity contribution >= 4 is 5.96 Å². The first-order valence-electron chi connectivity index (χ1n) is 8.63. The molecule has 0 saturated heterocycles. The molecule has 0 saturated carbocycles. The summed E-state index contributed by atoms with van der Waals surface area (Å²) in [5.41, 5.74) is 8.10. The first-order valence-corrected chi connectivity index (χ1v) is 8.63. The molecule has 0 aliphatic rings. The third-order valence-electron chi connectivity index (χ3n) is 3.85. The van der Waals surface area contributed by atoms with Crippen LogP contribution in [0.4, 0.5) is 0 Å². The van der Waals surface area contributed by atoms with Gasteiger partial charge in [-0.1, -0.05) is 24.3 Å². The van der Waals surface area contributed by atoms with Crippen molar-refractivity contribution in [3.8, 4) is 17.2 Å². The van der Waals surface area contributed by atoms with Crippen LogP contribution < -0.4 is 25.3 Å². The number of hydrogen-bond donors (Lipinski definition) is 2. The van der Waals surface area contributed by atoms with E-state index in [2.05, 4.69) is 16.4 Å². The molecule has 6 heteroatoms. The fourth-order valence-electron chi connectivity index (χ4n) is 2.54. The van der Waals surface area contributed by atoms with E-state index in [-0.39, 0.29) is 0 Å². The van der Waals surface area contributed by atoms with Crippen molar-refractivity contribution in [1.29, 1.82) is 0 Å². The second-order valence-corrected chi connectivity index (χ2v) is 5.61. The summed E-state index contributed by atoms with van der Waals surface area (Å²) in [5.74, 6) is 2.70. The van der Waals surface area contributed by atoms with Crippen molar-refractivity contribution in [2.45, 2.75) is 19.9 Å². The predicted octanol–water partition coefficient (Wildman–Crippen LogP) is 2.75. The van der Waals surface area contributed by atoms with Gasteiger partial charge in [-0.3, -0.25) is 0 Å². The maximum absolute atomic E-state index is 5.96. The minimum Gasteiger partial charge on any atom is -0.494 e. The summed E-state index contributed by atoms with van der Waals surface area (Å²) in [6.07, 6.45) is 0.808. The number of nitrogens with two attached hydrogens (primary N) is 1. The summed E-state index contributed by atoms with van der Waals surface area (Å²) in [7, 11) is 3.22. The number of para-hydroxylation sites is 1. The minimum absolute atomic E-state index is 0.411. The van der Waals surface area contributed by atoms with Crippen LogP contribution in [-0.4, -0.2) is 33.3 Å². The largest absolute Gasteiger partial charge is 0.494 e. The number of benzene rings is 2. The summed E-state index contributed by atoms with van der Waals surface area (Å²) in [6, 6.07) is 13.7. The van der Waals surface area contributed by atoms with E-state index in [1.54, 1.807) is 14.2 Å². The SMILES string of the molecule is CCOc1ccccc1CCNC(N)=NCc1ccc(OC)c(OC)c1. The second-order valence-electron chi connectivity index (χ2n) is 5.61. The number of methoxy groups -OCH3 is 2. The Balaban J connectivity index is 1.87. The lowest BCUT2D eigenvalue weighted by atomic mass is 10.1. The summed E-state index contributed by atoms with van der Waals surface area (Å²) in [4.78, 5) is 4.37. The molecule has 0 bridgehead atoms. The number of ether oxygens (including phenoxy) is 3. The number of nitrogens with zero attached hydrogens (tertiary/aromatic N) is 1. The van der Waals surface area contributed by atoms with Crippen molar-refractivity contribution in [2.75, 3.05) is 27.4 Å². The predicted molar refractivity (Wildman–Crippen MR) is 104 cm³/mol. The molecule has 2 rings (SSSR count). The van der Waals surface area contributed by atoms with E-state index in [0.29, 0.717) is 37.2 Å². The van der Waals surface area contributed by atoms with Gasteiger partial charge >= 0.3 is 0 Å². The number of aliphatic imine (C=N–C) groups is 1. The molecular weight excluding hydrogens is 330 g/mol. The van der Waals surface area contributed by atoms with Crippen LogP contribution >= 0.6 is 0 Å². The molecule has 0 unspecified atom stereocenters. The van der Waals surface area contributed by atoms with Gasteiger partial charge in [-0.15, -0.1) is 0 Å². The number of hydrogen-bond acceptors (Lipinski definition) is 4. The van der Waals surface area contributed by atoms with Gasteiger partial charge in [0.2, 0.25) is 0 Å². The van der Waals surface area contributed by atoms with Gasteiger partial charge in [-0.05, 0) is 42.7 Å². The summed E-state index contributed by atoms with van der Waals surface area (Å²) in [5, 5.41) is 3.14. The Hall–Kier alpha value is -2.89. The lowest BCUT2D eigenvalue weighted by Gasteiger charge is -2.11. The summed E-state index contributed by atoms with van der Waals surface area (Å²) < 4.78 is 16.2. The first kappa shape index (κ1) is 19.4. The average molecular weight is 357 g/mol. The Kier molecular flexibility index (Phi) is 7.61. The van der Waals surface area contributed by atoms with Crippen LogP contribution in [0, 0.1) is 0 Å². The maximum atomic E-state index is 5.96. The number of nitrogens with one attached hydrogen (secondary N) is 1. The highest BCUT2D eigenvalue weighted by Crippen LogP contribution is 2.27. The van der Waals surface area contributed by atoms with E-state index in [1.807, 2.05) is 43.3 Å². The highest BCUT2D eigenvalue weighted by Gasteiger charge is 2.05. The monoisotopic (exact) mass is 357 g/mol. The Morgan fingerprint density at radius 1 is 1.04 bits per heavy atom. The third-order valence-corrected chi connectivity index (χ3v) is 3.85. The van der Waals surface area contributed by atoms with Gasteiger partial charge in [0, 0.05) is 6.54 Å². The van der Waals surface area contributed by atoms with Gasteiger partial charge in [-0.2, -0.15) is 0 Å². The van der Waals surface area contributed by atoms with Crippen molar-refractivity contribution in [1.82, 2.24) is 5.32 Å². The lowest BCUT2D eigenvalue weighted by Crippen LogP contribution is -2.33. The van der Waals surface area contributed by atoms with Gasteiger partial charge in [0.15, 0.2) is 17.5 Å². The molecule has 0 aromatic heterocycles. The molecule has 0 heterocycles. The van der Waals surface area contributed by atoms with E-state index in [9.17, 15) is 0 Å². The maximum Gasteiger partial charge on any atom is 0.188 e. The van der Waals surface area contributed by atoms with Crippen LogP contribution in [0.3, 0.4) is 0 Å². The Labute approximate surface area is 155 Å². The molecule has 0 aliphatic heterocycles. The molecule has 0 atom stereocenters. The Morgan fingerprint density at radius 3 is 2.54 bits per heavy atom. The third kappa shape index (κ3) is 5.58. The van der Waals surface area contributed by atoms with E-state index in [4.69, 9.17) is 19.9 Å². The van der Waals surface area contributed by atoms with Gasteiger partial charge in [0.05, 0.1) is 27.4 Å². The molecule has 0 aliphatic carbocycles. The van der Waals surface area contributed by atoms with Crippen LogP contribution in [0.2, 0.25) is 0 Å². The Bertz CT molecular complexity index is 732. The zero-order valence-electron chi connectivity index (χ0n) is 15.6. The molecule has 26 heavy (non-hydrogen) atoms. The first-order chi connectivity index (χ1) is 12.7. The highest BCUT2D eigenvalue weighted by atomic mass is 16.5. The molecule has 0 amide bonds. The van der Waals surface area contributed by atoms with Crippen molar-refractivity contribution in [2.24, 2.45) is 10.7 Å². The zero-order valence-corrected chi connectivity index (χ0v) is 15.6. The normalized spacial score (nSPS) is 11.1. The Morgan fingerprint density at radius 2 is 1.81 bits per heavy atom.